The molecule has 2 rings (SSSR count). The highest BCUT2D eigenvalue weighted by Crippen LogP contribution is 2.29. The van der Waals surface area contributed by atoms with Gasteiger partial charge >= 0.3 is 0 Å². The minimum Gasteiger partial charge on any atom is -0.489 e. The molecule has 0 aromatic heterocycles. The van der Waals surface area contributed by atoms with Crippen LogP contribution in [0.25, 0.3) is 0 Å². The number of halogens is 1. The Bertz CT molecular complexity index is 511. The monoisotopic (exact) mass is 293 g/mol. The molecule has 1 aliphatic rings. The highest BCUT2D eigenvalue weighted by molar-refractivity contribution is 6.32. The van der Waals surface area contributed by atoms with Crippen molar-refractivity contribution in [3.05, 3.63) is 35.4 Å². The number of carbonyl (C=O) groups excluding carboxylic acids is 1. The van der Waals surface area contributed by atoms with E-state index in [4.69, 9.17) is 16.3 Å². The van der Waals surface area contributed by atoms with E-state index in [9.17, 15) is 4.79 Å². The van der Waals surface area contributed by atoms with Gasteiger partial charge in [0.1, 0.15) is 5.75 Å². The van der Waals surface area contributed by atoms with Crippen LogP contribution >= 0.6 is 11.6 Å². The maximum atomic E-state index is 12.1. The summed E-state index contributed by atoms with van der Waals surface area (Å²) < 4.78 is 5.57. The first-order valence-electron chi connectivity index (χ1n) is 6.98. The molecule has 4 heteroatoms. The van der Waals surface area contributed by atoms with Crippen molar-refractivity contribution in [3.8, 4) is 5.75 Å². The van der Waals surface area contributed by atoms with Gasteiger partial charge < -0.3 is 10.1 Å². The van der Waals surface area contributed by atoms with Gasteiger partial charge in [-0.05, 0) is 51.3 Å². The van der Waals surface area contributed by atoms with E-state index in [1.165, 1.54) is 0 Å². The molecule has 20 heavy (non-hydrogen) atoms. The molecule has 1 aliphatic carbocycles. The zero-order valence-corrected chi connectivity index (χ0v) is 12.6. The topological polar surface area (TPSA) is 38.3 Å². The van der Waals surface area contributed by atoms with Crippen LogP contribution in [0.1, 0.15) is 33.1 Å². The third kappa shape index (κ3) is 4.01. The molecule has 3 nitrogen and oxygen atoms in total. The fourth-order valence-electron chi connectivity index (χ4n) is 2.20. The summed E-state index contributed by atoms with van der Waals surface area (Å²) in [6, 6.07) is 5.34. The van der Waals surface area contributed by atoms with Crippen molar-refractivity contribution in [1.82, 2.24) is 0 Å². The lowest BCUT2D eigenvalue weighted by Gasteiger charge is -2.18. The summed E-state index contributed by atoms with van der Waals surface area (Å²) in [5.74, 6) is 0.758. The van der Waals surface area contributed by atoms with Crippen LogP contribution in [0.3, 0.4) is 0 Å². The molecular formula is C16H20ClNO2. The van der Waals surface area contributed by atoms with Crippen LogP contribution in [0.2, 0.25) is 5.02 Å². The van der Waals surface area contributed by atoms with E-state index in [-0.39, 0.29) is 17.9 Å². The quantitative estimate of drug-likeness (QED) is 0.834. The predicted octanol–water partition coefficient (Wildman–Crippen LogP) is 4.42. The van der Waals surface area contributed by atoms with E-state index in [2.05, 4.69) is 17.5 Å². The molecular weight excluding hydrogens is 274 g/mol. The van der Waals surface area contributed by atoms with E-state index in [1.54, 1.807) is 12.1 Å². The molecule has 108 valence electrons. The minimum absolute atomic E-state index is 0.0583. The fourth-order valence-corrected chi connectivity index (χ4v) is 2.43. The molecule has 1 aromatic carbocycles. The molecule has 0 aliphatic heterocycles. The Morgan fingerprint density at radius 2 is 2.20 bits per heavy atom. The third-order valence-electron chi connectivity index (χ3n) is 3.20. The molecule has 0 saturated carbocycles. The van der Waals surface area contributed by atoms with Gasteiger partial charge in [0.25, 0.3) is 0 Å². The van der Waals surface area contributed by atoms with E-state index in [0.29, 0.717) is 16.5 Å². The molecule has 0 spiro atoms. The van der Waals surface area contributed by atoms with Gasteiger partial charge in [0, 0.05) is 11.6 Å². The zero-order chi connectivity index (χ0) is 14.5. The van der Waals surface area contributed by atoms with Crippen molar-refractivity contribution in [1.29, 1.82) is 0 Å². The second kappa shape index (κ2) is 6.80. The van der Waals surface area contributed by atoms with Crippen LogP contribution < -0.4 is 10.1 Å². The number of benzene rings is 1. The third-order valence-corrected chi connectivity index (χ3v) is 3.50. The number of nitrogens with one attached hydrogen (secondary N) is 1. The summed E-state index contributed by atoms with van der Waals surface area (Å²) in [6.07, 6.45) is 6.96. The van der Waals surface area contributed by atoms with E-state index in [0.717, 1.165) is 19.3 Å². The first kappa shape index (κ1) is 14.9. The first-order chi connectivity index (χ1) is 9.56. The van der Waals surface area contributed by atoms with Crippen molar-refractivity contribution in [2.45, 2.75) is 39.2 Å². The summed E-state index contributed by atoms with van der Waals surface area (Å²) in [4.78, 5) is 12.1. The van der Waals surface area contributed by atoms with Crippen LogP contribution in [-0.2, 0) is 4.79 Å². The van der Waals surface area contributed by atoms with Crippen LogP contribution in [0, 0.1) is 5.92 Å². The normalized spacial score (nSPS) is 18.1. The number of ether oxygens (including phenoxy) is 1. The molecule has 0 bridgehead atoms. The second-order valence-corrected chi connectivity index (χ2v) is 5.69. The molecule has 0 saturated heterocycles. The van der Waals surface area contributed by atoms with Gasteiger partial charge in [-0.3, -0.25) is 4.79 Å². The average molecular weight is 294 g/mol. The van der Waals surface area contributed by atoms with Crippen molar-refractivity contribution in [3.63, 3.8) is 0 Å². The number of hydrogen-bond acceptors (Lipinski definition) is 2. The number of rotatable bonds is 4. The molecule has 1 atom stereocenters. The molecule has 0 fully saturated rings. The Morgan fingerprint density at radius 3 is 2.80 bits per heavy atom. The summed E-state index contributed by atoms with van der Waals surface area (Å²) in [7, 11) is 0. The summed E-state index contributed by atoms with van der Waals surface area (Å²) >= 11 is 6.16. The van der Waals surface area contributed by atoms with E-state index >= 15 is 0 Å². The Hall–Kier alpha value is -1.48. The van der Waals surface area contributed by atoms with Crippen LogP contribution in [0.15, 0.2) is 30.4 Å². The Balaban J connectivity index is 2.01. The molecule has 0 heterocycles. The Labute approximate surface area is 125 Å². The maximum absolute atomic E-state index is 12.1. The number of hydrogen-bond donors (Lipinski definition) is 1. The lowest BCUT2D eigenvalue weighted by atomic mass is 9.93. The standard InChI is InChI=1S/C16H20ClNO2/c1-11(2)20-15-9-8-13(10-14(15)17)18-16(19)12-6-4-3-5-7-12/h3-4,8-12H,5-7H2,1-2H3,(H,18,19). The van der Waals surface area contributed by atoms with Gasteiger partial charge in [-0.2, -0.15) is 0 Å². The molecule has 0 radical (unpaired) electrons. The highest BCUT2D eigenvalue weighted by Gasteiger charge is 2.19. The van der Waals surface area contributed by atoms with E-state index < -0.39 is 0 Å². The van der Waals surface area contributed by atoms with Crippen LogP contribution in [0.5, 0.6) is 5.75 Å². The summed E-state index contributed by atoms with van der Waals surface area (Å²) in [6.45, 7) is 3.89. The number of anilines is 1. The van der Waals surface area contributed by atoms with Crippen molar-refractivity contribution in [2.75, 3.05) is 5.32 Å². The smallest absolute Gasteiger partial charge is 0.227 e. The highest BCUT2D eigenvalue weighted by atomic mass is 35.5. The lowest BCUT2D eigenvalue weighted by molar-refractivity contribution is -0.120. The maximum Gasteiger partial charge on any atom is 0.227 e. The van der Waals surface area contributed by atoms with Gasteiger partial charge in [-0.15, -0.1) is 0 Å². The van der Waals surface area contributed by atoms with Gasteiger partial charge in [-0.1, -0.05) is 23.8 Å². The average Bonchev–Trinajstić information content (AvgIpc) is 2.42. The lowest BCUT2D eigenvalue weighted by Crippen LogP contribution is -2.23. The molecule has 1 aromatic rings. The minimum atomic E-state index is 0.0583. The second-order valence-electron chi connectivity index (χ2n) is 5.28. The molecule has 1 unspecified atom stereocenters. The molecule has 1 amide bonds. The largest absolute Gasteiger partial charge is 0.489 e. The van der Waals surface area contributed by atoms with Gasteiger partial charge in [-0.25, -0.2) is 0 Å². The van der Waals surface area contributed by atoms with E-state index in [1.807, 2.05) is 19.9 Å². The Kier molecular flexibility index (Phi) is 5.07. The predicted molar refractivity (Wildman–Crippen MR) is 82.3 cm³/mol. The number of amides is 1. The first-order valence-corrected chi connectivity index (χ1v) is 7.36. The number of allylic oxidation sites excluding steroid dienone is 2. The van der Waals surface area contributed by atoms with Crippen molar-refractivity contribution < 1.29 is 9.53 Å². The van der Waals surface area contributed by atoms with Gasteiger partial charge in [0.05, 0.1) is 11.1 Å². The summed E-state index contributed by atoms with van der Waals surface area (Å²) in [5, 5.41) is 3.43. The fraction of sp³-hybridized carbons (Fsp3) is 0.438. The van der Waals surface area contributed by atoms with Gasteiger partial charge in [0.15, 0.2) is 0 Å². The van der Waals surface area contributed by atoms with Crippen LogP contribution in [0.4, 0.5) is 5.69 Å². The Morgan fingerprint density at radius 1 is 1.40 bits per heavy atom. The van der Waals surface area contributed by atoms with Crippen molar-refractivity contribution >= 4 is 23.2 Å². The zero-order valence-electron chi connectivity index (χ0n) is 11.9. The van der Waals surface area contributed by atoms with Crippen molar-refractivity contribution in [2.24, 2.45) is 5.92 Å². The summed E-state index contributed by atoms with van der Waals surface area (Å²) in [5.41, 5.74) is 0.714. The molecule has 1 N–H and O–H groups in total. The van der Waals surface area contributed by atoms with Crippen LogP contribution in [-0.4, -0.2) is 12.0 Å². The number of carbonyl (C=O) groups is 1. The SMILES string of the molecule is CC(C)Oc1ccc(NC(=O)C2CC=CCC2)cc1Cl. The van der Waals surface area contributed by atoms with Gasteiger partial charge in [0.2, 0.25) is 5.91 Å².